The first kappa shape index (κ1) is 24.3. The smallest absolute Gasteiger partial charge is 0.313 e. The number of nitrogens with one attached hydrogen (secondary N) is 2. The number of benzene rings is 2. The van der Waals surface area contributed by atoms with E-state index in [1.165, 1.54) is 6.07 Å². The summed E-state index contributed by atoms with van der Waals surface area (Å²) in [5, 5.41) is 5.53. The van der Waals surface area contributed by atoms with Crippen LogP contribution in [0.1, 0.15) is 22.7 Å². The number of hydrogen-bond acceptors (Lipinski definition) is 5. The summed E-state index contributed by atoms with van der Waals surface area (Å²) < 4.78 is 14.2. The van der Waals surface area contributed by atoms with Crippen molar-refractivity contribution in [1.82, 2.24) is 15.2 Å². The molecule has 7 nitrogen and oxygen atoms in total. The highest BCUT2D eigenvalue weighted by atomic mass is 19.1. The standard InChI is InChI=1S/C27H30FN5O2/c1-19-7-5-8-20(2)25(19)31-27(35)26(34)30-18-24(21-9-6-12-29-17-21)33-15-13-32(14-16-33)23-11-4-3-10-22(23)28/h3-12,17,24H,13-16,18H2,1-2H3,(H,30,34)(H,31,35). The molecule has 1 aliphatic rings. The van der Waals surface area contributed by atoms with Crippen LogP contribution in [0.5, 0.6) is 0 Å². The molecule has 0 spiro atoms. The van der Waals surface area contributed by atoms with Crippen LogP contribution in [-0.4, -0.2) is 54.4 Å². The summed E-state index contributed by atoms with van der Waals surface area (Å²) in [5.74, 6) is -1.62. The van der Waals surface area contributed by atoms with Gasteiger partial charge in [0, 0.05) is 50.8 Å². The predicted molar refractivity (Wildman–Crippen MR) is 135 cm³/mol. The summed E-state index contributed by atoms with van der Waals surface area (Å²) in [6.07, 6.45) is 3.48. The van der Waals surface area contributed by atoms with E-state index in [0.717, 1.165) is 16.7 Å². The first-order chi connectivity index (χ1) is 16.9. The van der Waals surface area contributed by atoms with Crippen LogP contribution < -0.4 is 15.5 Å². The molecule has 4 rings (SSSR count). The molecule has 2 N–H and O–H groups in total. The van der Waals surface area contributed by atoms with Crippen molar-refractivity contribution in [2.75, 3.05) is 42.9 Å². The van der Waals surface area contributed by atoms with Gasteiger partial charge in [-0.05, 0) is 48.7 Å². The highest BCUT2D eigenvalue weighted by Crippen LogP contribution is 2.25. The molecule has 0 radical (unpaired) electrons. The minimum Gasteiger partial charge on any atom is -0.367 e. The fourth-order valence-corrected chi connectivity index (χ4v) is 4.47. The summed E-state index contributed by atoms with van der Waals surface area (Å²) in [4.78, 5) is 33.7. The average Bonchev–Trinajstić information content (AvgIpc) is 2.87. The van der Waals surface area contributed by atoms with Gasteiger partial charge < -0.3 is 15.5 Å². The molecule has 3 aromatic rings. The van der Waals surface area contributed by atoms with Gasteiger partial charge in [-0.15, -0.1) is 0 Å². The van der Waals surface area contributed by atoms with Crippen LogP contribution in [0, 0.1) is 19.7 Å². The van der Waals surface area contributed by atoms with Crippen molar-refractivity contribution in [1.29, 1.82) is 0 Å². The largest absolute Gasteiger partial charge is 0.367 e. The quantitative estimate of drug-likeness (QED) is 0.534. The number of para-hydroxylation sites is 2. The molecule has 182 valence electrons. The second kappa shape index (κ2) is 11.1. The zero-order valence-electron chi connectivity index (χ0n) is 20.0. The van der Waals surface area contributed by atoms with Crippen LogP contribution in [0.15, 0.2) is 67.0 Å². The van der Waals surface area contributed by atoms with Crippen molar-refractivity contribution in [2.45, 2.75) is 19.9 Å². The van der Waals surface area contributed by atoms with Crippen LogP contribution in [0.4, 0.5) is 15.8 Å². The fourth-order valence-electron chi connectivity index (χ4n) is 4.47. The Morgan fingerprint density at radius 2 is 1.66 bits per heavy atom. The average molecular weight is 476 g/mol. The zero-order chi connectivity index (χ0) is 24.8. The van der Waals surface area contributed by atoms with Gasteiger partial charge in [0.1, 0.15) is 5.82 Å². The number of amides is 2. The molecule has 1 fully saturated rings. The van der Waals surface area contributed by atoms with Gasteiger partial charge in [0.15, 0.2) is 0 Å². The maximum atomic E-state index is 14.2. The Morgan fingerprint density at radius 3 is 2.31 bits per heavy atom. The lowest BCUT2D eigenvalue weighted by Crippen LogP contribution is -2.50. The van der Waals surface area contributed by atoms with Crippen molar-refractivity contribution in [2.24, 2.45) is 0 Å². The molecule has 0 saturated carbocycles. The topological polar surface area (TPSA) is 77.6 Å². The van der Waals surface area contributed by atoms with E-state index in [1.54, 1.807) is 24.5 Å². The van der Waals surface area contributed by atoms with Gasteiger partial charge in [-0.3, -0.25) is 19.5 Å². The van der Waals surface area contributed by atoms with E-state index in [2.05, 4.69) is 20.5 Å². The molecule has 1 saturated heterocycles. The number of anilines is 2. The summed E-state index contributed by atoms with van der Waals surface area (Å²) in [6.45, 7) is 6.69. The molecule has 1 aromatic heterocycles. The molecule has 1 unspecified atom stereocenters. The van der Waals surface area contributed by atoms with Gasteiger partial charge in [0.25, 0.3) is 0 Å². The van der Waals surface area contributed by atoms with E-state index in [-0.39, 0.29) is 18.4 Å². The summed E-state index contributed by atoms with van der Waals surface area (Å²) in [5.41, 5.74) is 3.99. The fraction of sp³-hybridized carbons (Fsp3) is 0.296. The van der Waals surface area contributed by atoms with Crippen molar-refractivity contribution in [3.05, 3.63) is 89.5 Å². The summed E-state index contributed by atoms with van der Waals surface area (Å²) in [7, 11) is 0. The van der Waals surface area contributed by atoms with Crippen LogP contribution >= 0.6 is 0 Å². The van der Waals surface area contributed by atoms with Crippen molar-refractivity contribution >= 4 is 23.2 Å². The van der Waals surface area contributed by atoms with Gasteiger partial charge in [0.2, 0.25) is 0 Å². The van der Waals surface area contributed by atoms with Crippen molar-refractivity contribution < 1.29 is 14.0 Å². The maximum Gasteiger partial charge on any atom is 0.313 e. The Balaban J connectivity index is 1.41. The first-order valence-corrected chi connectivity index (χ1v) is 11.7. The monoisotopic (exact) mass is 475 g/mol. The van der Waals surface area contributed by atoms with E-state index < -0.39 is 11.8 Å². The van der Waals surface area contributed by atoms with E-state index in [0.29, 0.717) is 37.6 Å². The number of pyridine rings is 1. The highest BCUT2D eigenvalue weighted by Gasteiger charge is 2.27. The van der Waals surface area contributed by atoms with Gasteiger partial charge >= 0.3 is 11.8 Å². The molecule has 2 amide bonds. The van der Waals surface area contributed by atoms with Crippen LogP contribution in [0.25, 0.3) is 0 Å². The highest BCUT2D eigenvalue weighted by molar-refractivity contribution is 6.39. The number of piperazine rings is 1. The molecule has 1 aliphatic heterocycles. The Bertz CT molecular complexity index is 1160. The molecule has 8 heteroatoms. The van der Waals surface area contributed by atoms with Crippen molar-refractivity contribution in [3.8, 4) is 0 Å². The summed E-state index contributed by atoms with van der Waals surface area (Å²) in [6, 6.07) is 16.1. The first-order valence-electron chi connectivity index (χ1n) is 11.7. The number of aryl methyl sites for hydroxylation is 2. The Hall–Kier alpha value is -3.78. The zero-order valence-corrected chi connectivity index (χ0v) is 20.0. The molecule has 0 aliphatic carbocycles. The van der Waals surface area contributed by atoms with Gasteiger partial charge in [-0.2, -0.15) is 0 Å². The van der Waals surface area contributed by atoms with Gasteiger partial charge in [-0.1, -0.05) is 36.4 Å². The van der Waals surface area contributed by atoms with E-state index >= 15 is 0 Å². The third kappa shape index (κ3) is 5.84. The molecule has 2 aromatic carbocycles. The second-order valence-electron chi connectivity index (χ2n) is 8.71. The minimum atomic E-state index is -0.697. The number of halogens is 1. The molecule has 35 heavy (non-hydrogen) atoms. The molecule has 2 heterocycles. The molecular weight excluding hydrogens is 445 g/mol. The maximum absolute atomic E-state index is 14.2. The lowest BCUT2D eigenvalue weighted by Gasteiger charge is -2.40. The van der Waals surface area contributed by atoms with E-state index in [4.69, 9.17) is 0 Å². The summed E-state index contributed by atoms with van der Waals surface area (Å²) >= 11 is 0. The van der Waals surface area contributed by atoms with E-state index in [1.807, 2.05) is 55.1 Å². The second-order valence-corrected chi connectivity index (χ2v) is 8.71. The number of carbonyl (C=O) groups excluding carboxylic acids is 2. The predicted octanol–water partition coefficient (Wildman–Crippen LogP) is 3.46. The number of rotatable bonds is 6. The Labute approximate surface area is 205 Å². The normalized spacial score (nSPS) is 14.9. The molecule has 0 bridgehead atoms. The van der Waals surface area contributed by atoms with Crippen LogP contribution in [0.2, 0.25) is 0 Å². The van der Waals surface area contributed by atoms with Crippen LogP contribution in [0.3, 0.4) is 0 Å². The third-order valence-electron chi connectivity index (χ3n) is 6.40. The van der Waals surface area contributed by atoms with Gasteiger partial charge in [-0.25, -0.2) is 4.39 Å². The lowest BCUT2D eigenvalue weighted by molar-refractivity contribution is -0.136. The molecule has 1 atom stereocenters. The number of nitrogens with zero attached hydrogens (tertiary/aromatic N) is 3. The number of hydrogen-bond donors (Lipinski definition) is 2. The lowest BCUT2D eigenvalue weighted by atomic mass is 10.1. The Morgan fingerprint density at radius 1 is 0.943 bits per heavy atom. The SMILES string of the molecule is Cc1cccc(C)c1NC(=O)C(=O)NCC(c1cccnc1)N1CCN(c2ccccc2F)CC1. The van der Waals surface area contributed by atoms with Gasteiger partial charge in [0.05, 0.1) is 11.7 Å². The number of aromatic nitrogens is 1. The third-order valence-corrected chi connectivity index (χ3v) is 6.40. The Kier molecular flexibility index (Phi) is 7.72. The molecular formula is C27H30FN5O2. The van der Waals surface area contributed by atoms with E-state index in [9.17, 15) is 14.0 Å². The van der Waals surface area contributed by atoms with Crippen LogP contribution in [-0.2, 0) is 9.59 Å². The number of carbonyl (C=O) groups is 2. The van der Waals surface area contributed by atoms with Crippen molar-refractivity contribution in [3.63, 3.8) is 0 Å². The minimum absolute atomic E-state index is 0.164.